The molecular weight excluding hydrogens is 423 g/mol. The molecule has 1 aromatic carbocycles. The minimum atomic E-state index is -0.287. The van der Waals surface area contributed by atoms with Gasteiger partial charge in [0, 0.05) is 18.4 Å². The van der Waals surface area contributed by atoms with Gasteiger partial charge in [0.05, 0.1) is 24.9 Å². The third kappa shape index (κ3) is 5.82. The topological polar surface area (TPSA) is 107 Å². The van der Waals surface area contributed by atoms with Gasteiger partial charge >= 0.3 is 0 Å². The van der Waals surface area contributed by atoms with E-state index in [0.29, 0.717) is 29.8 Å². The summed E-state index contributed by atoms with van der Waals surface area (Å²) in [5.41, 5.74) is 0.782. The molecule has 4 rings (SSSR count). The van der Waals surface area contributed by atoms with Crippen molar-refractivity contribution >= 4 is 29.2 Å². The molecule has 1 aliphatic rings. The van der Waals surface area contributed by atoms with Crippen molar-refractivity contribution in [2.45, 2.75) is 44.1 Å². The molecule has 1 atom stereocenters. The van der Waals surface area contributed by atoms with Crippen LogP contribution in [0.5, 0.6) is 0 Å². The number of thioether (sulfide) groups is 1. The van der Waals surface area contributed by atoms with E-state index in [1.807, 2.05) is 4.57 Å². The maximum absolute atomic E-state index is 13.1. The SMILES string of the molecule is Cc1cc(NC(=O)CSc2nnc(CNc3ccc(F)cc3)n2C[C@H]2CCCO2)no1. The van der Waals surface area contributed by atoms with Gasteiger partial charge in [0.2, 0.25) is 5.91 Å². The van der Waals surface area contributed by atoms with Gasteiger partial charge in [-0.05, 0) is 44.0 Å². The van der Waals surface area contributed by atoms with Gasteiger partial charge in [-0.2, -0.15) is 0 Å². The zero-order valence-corrected chi connectivity index (χ0v) is 17.8. The van der Waals surface area contributed by atoms with Gasteiger partial charge < -0.3 is 24.5 Å². The van der Waals surface area contributed by atoms with Gasteiger partial charge in [0.15, 0.2) is 16.8 Å². The van der Waals surface area contributed by atoms with Crippen molar-refractivity contribution in [1.29, 1.82) is 0 Å². The average Bonchev–Trinajstić information content (AvgIpc) is 3.49. The van der Waals surface area contributed by atoms with Gasteiger partial charge in [-0.1, -0.05) is 16.9 Å². The number of nitrogens with one attached hydrogen (secondary N) is 2. The number of carbonyl (C=O) groups excluding carboxylic acids is 1. The molecule has 0 bridgehead atoms. The number of hydrogen-bond acceptors (Lipinski definition) is 8. The Balaban J connectivity index is 1.41. The third-order valence-electron chi connectivity index (χ3n) is 4.73. The number of aryl methyl sites for hydroxylation is 1. The summed E-state index contributed by atoms with van der Waals surface area (Å²) in [5, 5.41) is 18.9. The first-order valence-electron chi connectivity index (χ1n) is 9.96. The van der Waals surface area contributed by atoms with Gasteiger partial charge in [0.25, 0.3) is 0 Å². The number of halogens is 1. The van der Waals surface area contributed by atoms with Gasteiger partial charge in [-0.3, -0.25) is 4.79 Å². The van der Waals surface area contributed by atoms with E-state index in [1.165, 1.54) is 23.9 Å². The van der Waals surface area contributed by atoms with E-state index in [2.05, 4.69) is 26.0 Å². The molecule has 3 heterocycles. The molecule has 0 saturated carbocycles. The number of aromatic nitrogens is 4. The zero-order chi connectivity index (χ0) is 21.6. The van der Waals surface area contributed by atoms with Crippen LogP contribution in [0.1, 0.15) is 24.4 Å². The van der Waals surface area contributed by atoms with E-state index < -0.39 is 0 Å². The quantitative estimate of drug-likeness (QED) is 0.483. The molecule has 0 aliphatic carbocycles. The Morgan fingerprint density at radius 1 is 1.32 bits per heavy atom. The summed E-state index contributed by atoms with van der Waals surface area (Å²) in [4.78, 5) is 12.3. The maximum Gasteiger partial charge on any atom is 0.236 e. The highest BCUT2D eigenvalue weighted by atomic mass is 32.2. The summed E-state index contributed by atoms with van der Waals surface area (Å²) in [5.74, 6) is 1.38. The largest absolute Gasteiger partial charge is 0.378 e. The van der Waals surface area contributed by atoms with E-state index in [1.54, 1.807) is 25.1 Å². The summed E-state index contributed by atoms with van der Waals surface area (Å²) in [7, 11) is 0. The molecule has 1 aliphatic heterocycles. The fourth-order valence-corrected chi connectivity index (χ4v) is 3.98. The Labute approximate surface area is 182 Å². The van der Waals surface area contributed by atoms with Crippen LogP contribution in [0, 0.1) is 12.7 Å². The Hall–Kier alpha value is -2.92. The lowest BCUT2D eigenvalue weighted by atomic mass is 10.2. The van der Waals surface area contributed by atoms with E-state index in [9.17, 15) is 9.18 Å². The van der Waals surface area contributed by atoms with Crippen molar-refractivity contribution < 1.29 is 18.4 Å². The fourth-order valence-electron chi connectivity index (χ4n) is 3.22. The lowest BCUT2D eigenvalue weighted by molar-refractivity contribution is -0.113. The molecule has 1 fully saturated rings. The van der Waals surface area contributed by atoms with Crippen LogP contribution < -0.4 is 10.6 Å². The van der Waals surface area contributed by atoms with Crippen LogP contribution in [-0.2, 0) is 22.6 Å². The standard InChI is InChI=1S/C20H23FN6O3S/c1-13-9-17(26-30-13)23-19(28)12-31-20-25-24-18(27(20)11-16-3-2-8-29-16)10-22-15-6-4-14(21)5-7-15/h4-7,9,16,22H,2-3,8,10-12H2,1H3,(H,23,26,28)/t16-/m1/s1. The lowest BCUT2D eigenvalue weighted by Gasteiger charge is -2.15. The second-order valence-corrected chi connectivity index (χ2v) is 8.11. The Kier molecular flexibility index (Phi) is 6.82. The number of rotatable bonds is 9. The lowest BCUT2D eigenvalue weighted by Crippen LogP contribution is -2.20. The molecule has 9 nitrogen and oxygen atoms in total. The molecule has 0 unspecified atom stereocenters. The van der Waals surface area contributed by atoms with E-state index in [-0.39, 0.29) is 23.6 Å². The minimum absolute atomic E-state index is 0.0897. The van der Waals surface area contributed by atoms with Crippen LogP contribution in [0.25, 0.3) is 0 Å². The van der Waals surface area contributed by atoms with Crippen molar-refractivity contribution in [3.63, 3.8) is 0 Å². The molecule has 3 aromatic rings. The number of carbonyl (C=O) groups is 1. The van der Waals surface area contributed by atoms with Crippen LogP contribution in [0.2, 0.25) is 0 Å². The molecule has 164 valence electrons. The van der Waals surface area contributed by atoms with Crippen molar-refractivity contribution in [2.75, 3.05) is 23.0 Å². The third-order valence-corrected chi connectivity index (χ3v) is 5.69. The second kappa shape index (κ2) is 9.92. The second-order valence-electron chi connectivity index (χ2n) is 7.16. The van der Waals surface area contributed by atoms with Crippen LogP contribution in [0.4, 0.5) is 15.9 Å². The van der Waals surface area contributed by atoms with Crippen LogP contribution in [0.3, 0.4) is 0 Å². The van der Waals surface area contributed by atoms with E-state index in [4.69, 9.17) is 9.26 Å². The van der Waals surface area contributed by atoms with Crippen LogP contribution in [0.15, 0.2) is 40.0 Å². The summed E-state index contributed by atoms with van der Waals surface area (Å²) < 4.78 is 25.8. The molecular formula is C20H23FN6O3S. The Morgan fingerprint density at radius 2 is 2.16 bits per heavy atom. The molecule has 11 heteroatoms. The smallest absolute Gasteiger partial charge is 0.236 e. The number of ether oxygens (including phenoxy) is 1. The predicted molar refractivity (Wildman–Crippen MR) is 113 cm³/mol. The van der Waals surface area contributed by atoms with Crippen molar-refractivity contribution in [2.24, 2.45) is 0 Å². The van der Waals surface area contributed by atoms with Crippen molar-refractivity contribution in [3.8, 4) is 0 Å². The summed E-state index contributed by atoms with van der Waals surface area (Å²) in [6.45, 7) is 3.53. The highest BCUT2D eigenvalue weighted by Gasteiger charge is 2.21. The van der Waals surface area contributed by atoms with Gasteiger partial charge in [-0.15, -0.1) is 10.2 Å². The fraction of sp³-hybridized carbons (Fsp3) is 0.400. The summed E-state index contributed by atoms with van der Waals surface area (Å²) >= 11 is 1.30. The Bertz CT molecular complexity index is 1020. The monoisotopic (exact) mass is 446 g/mol. The molecule has 0 radical (unpaired) electrons. The highest BCUT2D eigenvalue weighted by Crippen LogP contribution is 2.22. The molecule has 1 saturated heterocycles. The van der Waals surface area contributed by atoms with Gasteiger partial charge in [-0.25, -0.2) is 4.39 Å². The van der Waals surface area contributed by atoms with Crippen molar-refractivity contribution in [1.82, 2.24) is 19.9 Å². The number of benzene rings is 1. The highest BCUT2D eigenvalue weighted by molar-refractivity contribution is 7.99. The van der Waals surface area contributed by atoms with E-state index in [0.717, 1.165) is 31.0 Å². The first-order valence-corrected chi connectivity index (χ1v) is 10.9. The number of hydrogen-bond donors (Lipinski definition) is 2. The molecule has 0 spiro atoms. The molecule has 31 heavy (non-hydrogen) atoms. The van der Waals surface area contributed by atoms with Crippen LogP contribution >= 0.6 is 11.8 Å². The maximum atomic E-state index is 13.1. The minimum Gasteiger partial charge on any atom is -0.378 e. The summed E-state index contributed by atoms with van der Waals surface area (Å²) in [6.07, 6.45) is 2.09. The average molecular weight is 447 g/mol. The summed E-state index contributed by atoms with van der Waals surface area (Å²) in [6, 6.07) is 7.79. The predicted octanol–water partition coefficient (Wildman–Crippen LogP) is 3.24. The molecule has 1 amide bonds. The number of amides is 1. The van der Waals surface area contributed by atoms with Gasteiger partial charge in [0.1, 0.15) is 11.6 Å². The first kappa shape index (κ1) is 21.3. The number of anilines is 2. The van der Waals surface area contributed by atoms with E-state index >= 15 is 0 Å². The Morgan fingerprint density at radius 3 is 2.87 bits per heavy atom. The molecule has 2 N–H and O–H groups in total. The number of nitrogens with zero attached hydrogens (tertiary/aromatic N) is 4. The zero-order valence-electron chi connectivity index (χ0n) is 17.0. The normalized spacial score (nSPS) is 15.9. The van der Waals surface area contributed by atoms with Crippen LogP contribution in [-0.4, -0.2) is 44.3 Å². The first-order chi connectivity index (χ1) is 15.1. The van der Waals surface area contributed by atoms with Crippen molar-refractivity contribution in [3.05, 3.63) is 47.7 Å². The molecule has 2 aromatic heterocycles.